The van der Waals surface area contributed by atoms with Gasteiger partial charge in [-0.1, -0.05) is 200 Å². The summed E-state index contributed by atoms with van der Waals surface area (Å²) in [6.45, 7) is 4.43. The summed E-state index contributed by atoms with van der Waals surface area (Å²) in [5, 5.41) is 7.69. The minimum atomic E-state index is 1.19. The molecule has 62 heavy (non-hydrogen) atoms. The number of hydrogen-bond donors (Lipinski definition) is 0. The highest BCUT2D eigenvalue weighted by molar-refractivity contribution is 6.25. The minimum Gasteiger partial charge on any atom is -0.0622 e. The SMILES string of the molecule is Cc1cc(-c2ccc(-c3ccccc3)cc2)cc(-c2cc(C)cc(-c3cc(-c4ccccc4)c(-c4ccc5c6ccccc6c6ccccc6c5c4)cc3-c3ccccc3)c2)c1. The van der Waals surface area contributed by atoms with Gasteiger partial charge < -0.3 is 0 Å². The Morgan fingerprint density at radius 1 is 0.177 bits per heavy atom. The molecule has 11 aromatic rings. The predicted molar refractivity (Wildman–Crippen MR) is 266 cm³/mol. The summed E-state index contributed by atoms with van der Waals surface area (Å²) in [5.74, 6) is 0. The van der Waals surface area contributed by atoms with Gasteiger partial charge >= 0.3 is 0 Å². The highest BCUT2D eigenvalue weighted by Crippen LogP contribution is 2.45. The van der Waals surface area contributed by atoms with Gasteiger partial charge in [-0.25, -0.2) is 0 Å². The number of fused-ring (bicyclic) bond motifs is 6. The third-order valence-electron chi connectivity index (χ3n) is 12.5. The lowest BCUT2D eigenvalue weighted by Gasteiger charge is -2.20. The summed E-state index contributed by atoms with van der Waals surface area (Å²) in [6, 6.07) is 85.1. The van der Waals surface area contributed by atoms with Crippen LogP contribution in [0.3, 0.4) is 0 Å². The Kier molecular flexibility index (Phi) is 9.40. The quantitative estimate of drug-likeness (QED) is 0.141. The van der Waals surface area contributed by atoms with E-state index in [4.69, 9.17) is 0 Å². The molecule has 0 radical (unpaired) electrons. The van der Waals surface area contributed by atoms with Gasteiger partial charge in [-0.3, -0.25) is 0 Å². The summed E-state index contributed by atoms with van der Waals surface area (Å²) < 4.78 is 0. The third kappa shape index (κ3) is 6.86. The third-order valence-corrected chi connectivity index (χ3v) is 12.5. The van der Waals surface area contributed by atoms with Crippen molar-refractivity contribution in [2.24, 2.45) is 0 Å². The summed E-state index contributed by atoms with van der Waals surface area (Å²) in [4.78, 5) is 0. The van der Waals surface area contributed by atoms with Gasteiger partial charge in [0.05, 0.1) is 0 Å². The normalized spacial score (nSPS) is 11.4. The molecule has 11 rings (SSSR count). The maximum Gasteiger partial charge on any atom is -0.00928 e. The van der Waals surface area contributed by atoms with E-state index in [1.54, 1.807) is 0 Å². The first-order chi connectivity index (χ1) is 30.5. The fraction of sp³-hybridized carbons (Fsp3) is 0.0323. The van der Waals surface area contributed by atoms with E-state index in [-0.39, 0.29) is 0 Å². The molecule has 292 valence electrons. The largest absolute Gasteiger partial charge is 0.0622 e. The van der Waals surface area contributed by atoms with Crippen molar-refractivity contribution in [3.05, 3.63) is 242 Å². The van der Waals surface area contributed by atoms with Crippen LogP contribution in [0.1, 0.15) is 11.1 Å². The maximum atomic E-state index is 2.45. The molecule has 0 saturated heterocycles. The second-order valence-corrected chi connectivity index (χ2v) is 16.6. The van der Waals surface area contributed by atoms with Crippen molar-refractivity contribution in [1.82, 2.24) is 0 Å². The van der Waals surface area contributed by atoms with Gasteiger partial charge in [-0.2, -0.15) is 0 Å². The van der Waals surface area contributed by atoms with Crippen LogP contribution in [0.4, 0.5) is 0 Å². The van der Waals surface area contributed by atoms with Crippen molar-refractivity contribution in [3.63, 3.8) is 0 Å². The van der Waals surface area contributed by atoms with Crippen molar-refractivity contribution < 1.29 is 0 Å². The highest BCUT2D eigenvalue weighted by atomic mass is 14.2. The molecule has 0 saturated carbocycles. The minimum absolute atomic E-state index is 1.19. The zero-order valence-electron chi connectivity index (χ0n) is 34.9. The zero-order valence-corrected chi connectivity index (χ0v) is 34.9. The van der Waals surface area contributed by atoms with E-state index in [1.807, 2.05) is 0 Å². The Bertz CT molecular complexity index is 3400. The molecular weight excluding hydrogens is 745 g/mol. The van der Waals surface area contributed by atoms with Crippen LogP contribution in [0.5, 0.6) is 0 Å². The lowest BCUT2D eigenvalue weighted by molar-refractivity contribution is 1.43. The van der Waals surface area contributed by atoms with Gasteiger partial charge in [-0.15, -0.1) is 0 Å². The van der Waals surface area contributed by atoms with Crippen molar-refractivity contribution in [1.29, 1.82) is 0 Å². The van der Waals surface area contributed by atoms with Crippen molar-refractivity contribution >= 4 is 32.3 Å². The molecule has 0 nitrogen and oxygen atoms in total. The summed E-state index contributed by atoms with van der Waals surface area (Å²) in [5.41, 5.74) is 19.4. The van der Waals surface area contributed by atoms with E-state index >= 15 is 0 Å². The Morgan fingerprint density at radius 3 is 0.984 bits per heavy atom. The van der Waals surface area contributed by atoms with Gasteiger partial charge in [0.2, 0.25) is 0 Å². The molecule has 0 atom stereocenters. The second-order valence-electron chi connectivity index (χ2n) is 16.6. The second kappa shape index (κ2) is 15.7. The molecule has 0 fully saturated rings. The Morgan fingerprint density at radius 2 is 0.484 bits per heavy atom. The van der Waals surface area contributed by atoms with E-state index in [0.717, 1.165) is 0 Å². The van der Waals surface area contributed by atoms with Gasteiger partial charge in [-0.05, 0) is 166 Å². The van der Waals surface area contributed by atoms with Crippen LogP contribution in [0.15, 0.2) is 231 Å². The van der Waals surface area contributed by atoms with Crippen LogP contribution in [0.2, 0.25) is 0 Å². The first-order valence-corrected chi connectivity index (χ1v) is 21.6. The molecule has 0 aromatic heterocycles. The molecule has 0 spiro atoms. The van der Waals surface area contributed by atoms with Crippen LogP contribution in [0.25, 0.3) is 110 Å². The lowest BCUT2D eigenvalue weighted by Crippen LogP contribution is -1.94. The summed E-state index contributed by atoms with van der Waals surface area (Å²) in [6.07, 6.45) is 0. The van der Waals surface area contributed by atoms with Gasteiger partial charge in [0.25, 0.3) is 0 Å². The van der Waals surface area contributed by atoms with Gasteiger partial charge in [0.1, 0.15) is 0 Å². The molecule has 0 aliphatic heterocycles. The number of hydrogen-bond acceptors (Lipinski definition) is 0. The van der Waals surface area contributed by atoms with Crippen LogP contribution in [0, 0.1) is 13.8 Å². The molecule has 0 heteroatoms. The van der Waals surface area contributed by atoms with Gasteiger partial charge in [0.15, 0.2) is 0 Å². The number of aryl methyl sites for hydroxylation is 2. The first kappa shape index (κ1) is 37.2. The van der Waals surface area contributed by atoms with E-state index in [1.165, 1.54) is 121 Å². The maximum absolute atomic E-state index is 2.45. The Balaban J connectivity index is 1.09. The molecule has 0 unspecified atom stereocenters. The number of rotatable bonds is 7. The Hall–Kier alpha value is -7.80. The number of benzene rings is 11. The van der Waals surface area contributed by atoms with Crippen LogP contribution < -0.4 is 0 Å². The average Bonchev–Trinajstić information content (AvgIpc) is 3.34. The molecular formula is C62H44. The molecule has 0 amide bonds. The molecule has 0 heterocycles. The molecule has 0 aliphatic rings. The Labute approximate surface area is 364 Å². The monoisotopic (exact) mass is 788 g/mol. The molecule has 0 bridgehead atoms. The fourth-order valence-electron chi connectivity index (χ4n) is 9.57. The molecule has 0 N–H and O–H groups in total. The van der Waals surface area contributed by atoms with E-state index in [2.05, 4.69) is 244 Å². The van der Waals surface area contributed by atoms with E-state index in [9.17, 15) is 0 Å². The van der Waals surface area contributed by atoms with Crippen LogP contribution in [-0.4, -0.2) is 0 Å². The topological polar surface area (TPSA) is 0 Å². The van der Waals surface area contributed by atoms with Gasteiger partial charge in [0, 0.05) is 0 Å². The fourth-order valence-corrected chi connectivity index (χ4v) is 9.57. The lowest BCUT2D eigenvalue weighted by atomic mass is 9.84. The molecule has 0 aliphatic carbocycles. The average molecular weight is 789 g/mol. The summed E-state index contributed by atoms with van der Waals surface area (Å²) >= 11 is 0. The van der Waals surface area contributed by atoms with E-state index < -0.39 is 0 Å². The smallest absolute Gasteiger partial charge is 0.00928 e. The van der Waals surface area contributed by atoms with E-state index in [0.29, 0.717) is 0 Å². The summed E-state index contributed by atoms with van der Waals surface area (Å²) in [7, 11) is 0. The van der Waals surface area contributed by atoms with Crippen LogP contribution in [-0.2, 0) is 0 Å². The van der Waals surface area contributed by atoms with Crippen LogP contribution >= 0.6 is 0 Å². The predicted octanol–water partition coefficient (Wildman–Crippen LogP) is 17.4. The van der Waals surface area contributed by atoms with Crippen molar-refractivity contribution in [3.8, 4) is 77.9 Å². The van der Waals surface area contributed by atoms with Crippen molar-refractivity contribution in [2.75, 3.05) is 0 Å². The zero-order chi connectivity index (χ0) is 41.6. The van der Waals surface area contributed by atoms with Crippen molar-refractivity contribution in [2.45, 2.75) is 13.8 Å². The first-order valence-electron chi connectivity index (χ1n) is 21.6. The standard InChI is InChI=1S/C62H44/c1-41-32-49(45-28-26-44(27-29-45)43-16-6-3-7-17-43)36-50(33-41)51-34-42(2)35-52(37-51)61-40-58(46-18-8-4-9-19-46)60(39-59(61)47-20-10-5-11-21-47)48-30-31-57-55-24-13-12-22-53(55)54-23-14-15-25-56(54)62(57)38-48/h3-40H,1-2H3. The highest BCUT2D eigenvalue weighted by Gasteiger charge is 2.19. The molecule has 11 aromatic carbocycles.